The topological polar surface area (TPSA) is 60.2 Å². The van der Waals surface area contributed by atoms with Crippen molar-refractivity contribution in [2.45, 2.75) is 19.4 Å². The number of fused-ring (bicyclic) bond motifs is 1. The molecular weight excluding hydrogens is 290 g/mol. The minimum atomic E-state index is 0.283. The zero-order valence-electron chi connectivity index (χ0n) is 12.9. The highest BCUT2D eigenvalue weighted by Crippen LogP contribution is 2.22. The van der Waals surface area contributed by atoms with Crippen molar-refractivity contribution in [2.24, 2.45) is 5.92 Å². The lowest BCUT2D eigenvalue weighted by Gasteiger charge is -2.11. The molecule has 3 aromatic rings. The number of rotatable bonds is 4. The van der Waals surface area contributed by atoms with Gasteiger partial charge in [0.1, 0.15) is 17.1 Å². The number of phenols is 1. The van der Waals surface area contributed by atoms with E-state index in [2.05, 4.69) is 9.55 Å². The lowest BCUT2D eigenvalue weighted by atomic mass is 10.0. The SMILES string of the molecule is Oc1ccc(Cn2c(CC3CCOC3)nc3cccnc32)cc1. The van der Waals surface area contributed by atoms with E-state index in [1.165, 1.54) is 0 Å². The van der Waals surface area contributed by atoms with Gasteiger partial charge in [-0.2, -0.15) is 0 Å². The summed E-state index contributed by atoms with van der Waals surface area (Å²) in [5, 5.41) is 9.45. The van der Waals surface area contributed by atoms with E-state index in [-0.39, 0.29) is 5.75 Å². The fraction of sp³-hybridized carbons (Fsp3) is 0.333. The molecule has 1 unspecified atom stereocenters. The maximum Gasteiger partial charge on any atom is 0.160 e. The van der Waals surface area contributed by atoms with Gasteiger partial charge in [0.25, 0.3) is 0 Å². The molecule has 5 nitrogen and oxygen atoms in total. The lowest BCUT2D eigenvalue weighted by Crippen LogP contribution is -2.11. The molecular formula is C18H19N3O2. The van der Waals surface area contributed by atoms with E-state index < -0.39 is 0 Å². The molecule has 5 heteroatoms. The molecule has 0 aliphatic carbocycles. The second kappa shape index (κ2) is 6.01. The van der Waals surface area contributed by atoms with Crippen molar-refractivity contribution in [2.75, 3.05) is 13.2 Å². The number of pyridine rings is 1. The number of benzene rings is 1. The normalized spacial score (nSPS) is 17.8. The predicted octanol–water partition coefficient (Wildman–Crippen LogP) is 2.76. The highest BCUT2D eigenvalue weighted by Gasteiger charge is 2.20. The molecule has 2 aromatic heterocycles. The van der Waals surface area contributed by atoms with Crippen LogP contribution in [0.25, 0.3) is 11.2 Å². The van der Waals surface area contributed by atoms with Crippen LogP contribution in [0.3, 0.4) is 0 Å². The van der Waals surface area contributed by atoms with E-state index in [1.807, 2.05) is 24.3 Å². The highest BCUT2D eigenvalue weighted by molar-refractivity contribution is 5.71. The number of nitrogens with zero attached hydrogens (tertiary/aromatic N) is 3. The van der Waals surface area contributed by atoms with Crippen molar-refractivity contribution in [3.63, 3.8) is 0 Å². The number of phenolic OH excluding ortho intramolecular Hbond substituents is 1. The van der Waals surface area contributed by atoms with Crippen molar-refractivity contribution in [1.82, 2.24) is 14.5 Å². The number of aromatic nitrogens is 3. The molecule has 1 fully saturated rings. The van der Waals surface area contributed by atoms with Crippen LogP contribution in [0.15, 0.2) is 42.6 Å². The molecule has 0 amide bonds. The Morgan fingerprint density at radius 1 is 1.22 bits per heavy atom. The summed E-state index contributed by atoms with van der Waals surface area (Å²) >= 11 is 0. The smallest absolute Gasteiger partial charge is 0.160 e. The summed E-state index contributed by atoms with van der Waals surface area (Å²) in [6.07, 6.45) is 3.81. The van der Waals surface area contributed by atoms with E-state index >= 15 is 0 Å². The number of hydrogen-bond acceptors (Lipinski definition) is 4. The molecule has 1 N–H and O–H groups in total. The maximum atomic E-state index is 9.45. The predicted molar refractivity (Wildman–Crippen MR) is 87.4 cm³/mol. The molecule has 1 aliphatic heterocycles. The lowest BCUT2D eigenvalue weighted by molar-refractivity contribution is 0.185. The molecule has 3 heterocycles. The quantitative estimate of drug-likeness (QED) is 0.805. The van der Waals surface area contributed by atoms with Crippen LogP contribution >= 0.6 is 0 Å². The monoisotopic (exact) mass is 309 g/mol. The van der Waals surface area contributed by atoms with Gasteiger partial charge < -0.3 is 14.4 Å². The number of aromatic hydroxyl groups is 1. The molecule has 1 aliphatic rings. The zero-order chi connectivity index (χ0) is 15.6. The third-order valence-electron chi connectivity index (χ3n) is 4.36. The average molecular weight is 309 g/mol. The van der Waals surface area contributed by atoms with Crippen LogP contribution in [-0.2, 0) is 17.7 Å². The summed E-state index contributed by atoms with van der Waals surface area (Å²) in [6.45, 7) is 2.37. The molecule has 0 bridgehead atoms. The van der Waals surface area contributed by atoms with E-state index in [0.717, 1.165) is 48.6 Å². The first kappa shape index (κ1) is 14.2. The molecule has 0 radical (unpaired) electrons. The van der Waals surface area contributed by atoms with Gasteiger partial charge in [0.2, 0.25) is 0 Å². The Labute approximate surface area is 134 Å². The second-order valence-corrected chi connectivity index (χ2v) is 6.06. The molecule has 0 spiro atoms. The van der Waals surface area contributed by atoms with Gasteiger partial charge in [0, 0.05) is 25.8 Å². The first-order valence-electron chi connectivity index (χ1n) is 7.95. The van der Waals surface area contributed by atoms with Gasteiger partial charge in [-0.3, -0.25) is 0 Å². The minimum absolute atomic E-state index is 0.283. The number of hydrogen-bond donors (Lipinski definition) is 1. The molecule has 0 saturated carbocycles. The van der Waals surface area contributed by atoms with E-state index in [9.17, 15) is 5.11 Å². The fourth-order valence-corrected chi connectivity index (χ4v) is 3.11. The Kier molecular flexibility index (Phi) is 3.71. The molecule has 1 aromatic carbocycles. The third-order valence-corrected chi connectivity index (χ3v) is 4.36. The second-order valence-electron chi connectivity index (χ2n) is 6.06. The summed E-state index contributed by atoms with van der Waals surface area (Å²) in [4.78, 5) is 9.30. The summed E-state index contributed by atoms with van der Waals surface area (Å²) in [5.41, 5.74) is 2.96. The van der Waals surface area contributed by atoms with Crippen LogP contribution in [0, 0.1) is 5.92 Å². The van der Waals surface area contributed by atoms with Gasteiger partial charge >= 0.3 is 0 Å². The Balaban J connectivity index is 1.71. The third kappa shape index (κ3) is 2.92. The molecule has 23 heavy (non-hydrogen) atoms. The maximum absolute atomic E-state index is 9.45. The van der Waals surface area contributed by atoms with Crippen molar-refractivity contribution < 1.29 is 9.84 Å². The first-order chi connectivity index (χ1) is 11.3. The van der Waals surface area contributed by atoms with Crippen LogP contribution in [0.5, 0.6) is 5.75 Å². The van der Waals surface area contributed by atoms with Crippen LogP contribution < -0.4 is 0 Å². The van der Waals surface area contributed by atoms with Crippen molar-refractivity contribution in [3.05, 3.63) is 54.0 Å². The minimum Gasteiger partial charge on any atom is -0.508 e. The Morgan fingerprint density at radius 2 is 2.09 bits per heavy atom. The van der Waals surface area contributed by atoms with Crippen molar-refractivity contribution in [3.8, 4) is 5.75 Å². The van der Waals surface area contributed by atoms with Gasteiger partial charge in [-0.25, -0.2) is 9.97 Å². The average Bonchev–Trinajstić information content (AvgIpc) is 3.19. The number of ether oxygens (including phenoxy) is 1. The standard InChI is InChI=1S/C18H19N3O2/c22-15-5-3-13(4-6-15)11-21-17(10-14-7-9-23-12-14)20-16-2-1-8-19-18(16)21/h1-6,8,14,22H,7,9-12H2. The Hall–Kier alpha value is -2.40. The van der Waals surface area contributed by atoms with Crippen molar-refractivity contribution in [1.29, 1.82) is 0 Å². The van der Waals surface area contributed by atoms with Gasteiger partial charge in [-0.1, -0.05) is 12.1 Å². The van der Waals surface area contributed by atoms with Crippen LogP contribution in [-0.4, -0.2) is 32.9 Å². The van der Waals surface area contributed by atoms with Crippen LogP contribution in [0.4, 0.5) is 0 Å². The molecule has 1 atom stereocenters. The van der Waals surface area contributed by atoms with E-state index in [4.69, 9.17) is 9.72 Å². The fourth-order valence-electron chi connectivity index (χ4n) is 3.11. The van der Waals surface area contributed by atoms with Crippen LogP contribution in [0.2, 0.25) is 0 Å². The first-order valence-corrected chi connectivity index (χ1v) is 7.95. The molecule has 1 saturated heterocycles. The summed E-state index contributed by atoms with van der Waals surface area (Å²) in [5.74, 6) is 1.87. The van der Waals surface area contributed by atoms with E-state index in [0.29, 0.717) is 12.5 Å². The summed E-state index contributed by atoms with van der Waals surface area (Å²) in [6, 6.07) is 11.2. The van der Waals surface area contributed by atoms with Crippen LogP contribution in [0.1, 0.15) is 17.8 Å². The summed E-state index contributed by atoms with van der Waals surface area (Å²) < 4.78 is 7.67. The molecule has 4 rings (SSSR count). The number of imidazole rings is 1. The van der Waals surface area contributed by atoms with E-state index in [1.54, 1.807) is 18.3 Å². The molecule has 118 valence electrons. The van der Waals surface area contributed by atoms with Gasteiger partial charge in [-0.15, -0.1) is 0 Å². The Morgan fingerprint density at radius 3 is 2.87 bits per heavy atom. The van der Waals surface area contributed by atoms with Crippen molar-refractivity contribution >= 4 is 11.2 Å². The highest BCUT2D eigenvalue weighted by atomic mass is 16.5. The zero-order valence-corrected chi connectivity index (χ0v) is 12.9. The summed E-state index contributed by atoms with van der Waals surface area (Å²) in [7, 11) is 0. The van der Waals surface area contributed by atoms with Gasteiger partial charge in [0.15, 0.2) is 5.65 Å². The van der Waals surface area contributed by atoms with Gasteiger partial charge in [0.05, 0.1) is 6.54 Å². The largest absolute Gasteiger partial charge is 0.508 e. The Bertz CT molecular complexity index is 805. The van der Waals surface area contributed by atoms with Gasteiger partial charge in [-0.05, 0) is 42.2 Å².